The Hall–Kier alpha value is -2.89. The van der Waals surface area contributed by atoms with E-state index in [1.807, 2.05) is 12.1 Å². The van der Waals surface area contributed by atoms with Crippen molar-refractivity contribution >= 4 is 22.7 Å². The molecule has 0 aliphatic rings. The number of hydrogen-bond donors (Lipinski definition) is 1. The third kappa shape index (κ3) is 8.85. The molecule has 146 valence electrons. The summed E-state index contributed by atoms with van der Waals surface area (Å²) in [5, 5.41) is 17.3. The summed E-state index contributed by atoms with van der Waals surface area (Å²) in [7, 11) is -1.19. The van der Waals surface area contributed by atoms with Gasteiger partial charge in [-0.25, -0.2) is 9.97 Å². The van der Waals surface area contributed by atoms with Gasteiger partial charge in [0.25, 0.3) is 0 Å². The topological polar surface area (TPSA) is 124 Å². The van der Waals surface area contributed by atoms with E-state index in [9.17, 15) is 22.2 Å². The van der Waals surface area contributed by atoms with Gasteiger partial charge in [-0.15, -0.1) is 0 Å². The number of aromatic nitrogens is 3. The minimum Gasteiger partial charge on any atom is -0.542 e. The Morgan fingerprint density at radius 2 is 1.70 bits per heavy atom. The van der Waals surface area contributed by atoms with Crippen LogP contribution in [0.2, 0.25) is 0 Å². The highest BCUT2D eigenvalue weighted by atomic mass is 32.2. The Labute approximate surface area is 153 Å². The van der Waals surface area contributed by atoms with Gasteiger partial charge in [0.15, 0.2) is 18.2 Å². The molecule has 1 atom stereocenters. The molecule has 0 spiro atoms. The van der Waals surface area contributed by atoms with E-state index < -0.39 is 28.9 Å². The van der Waals surface area contributed by atoms with E-state index in [4.69, 9.17) is 15.0 Å². The molecule has 8 nitrogen and oxygen atoms in total. The van der Waals surface area contributed by atoms with Crippen LogP contribution >= 0.6 is 0 Å². The minimum absolute atomic E-state index is 0.0802. The number of rotatable bonds is 6. The van der Waals surface area contributed by atoms with Crippen molar-refractivity contribution in [3.63, 3.8) is 0 Å². The normalized spacial score (nSPS) is 11.8. The van der Waals surface area contributed by atoms with E-state index in [2.05, 4.69) is 9.97 Å². The molecule has 27 heavy (non-hydrogen) atoms. The average molecular weight is 405 g/mol. The number of alkyl halides is 3. The number of aliphatic carboxylic acids is 2. The Morgan fingerprint density at radius 3 is 2.15 bits per heavy atom. The summed E-state index contributed by atoms with van der Waals surface area (Å²) in [6, 6.07) is 5.42. The molecule has 0 saturated heterocycles. The molecule has 0 radical (unpaired) electrons. The smallest absolute Gasteiger partial charge is 0.430 e. The second-order valence-corrected chi connectivity index (χ2v) is 6.42. The van der Waals surface area contributed by atoms with Crippen LogP contribution in [0.3, 0.4) is 0 Å². The molecular formula is C15H14F3N3O5S. The summed E-state index contributed by atoms with van der Waals surface area (Å²) >= 11 is 0. The van der Waals surface area contributed by atoms with Crippen molar-refractivity contribution in [2.45, 2.75) is 18.5 Å². The molecular weight excluding hydrogens is 391 g/mol. The molecule has 0 aromatic carbocycles. The number of hydrogen-bond acceptors (Lipinski definition) is 6. The van der Waals surface area contributed by atoms with Crippen molar-refractivity contribution in [2.24, 2.45) is 0 Å². The van der Waals surface area contributed by atoms with Gasteiger partial charge in [-0.1, -0.05) is 0 Å². The minimum atomic E-state index is -5.19. The number of carbonyl (C=O) groups excluding carboxylic acids is 1. The summed E-state index contributed by atoms with van der Waals surface area (Å²) < 4.78 is 45.0. The number of carboxylic acid groups (broad SMARTS) is 2. The highest BCUT2D eigenvalue weighted by Gasteiger charge is 2.28. The largest absolute Gasteiger partial charge is 0.542 e. The predicted molar refractivity (Wildman–Crippen MR) is 84.0 cm³/mol. The number of nitrogens with zero attached hydrogens (tertiary/aromatic N) is 3. The van der Waals surface area contributed by atoms with Crippen LogP contribution in [0, 0.1) is 0 Å². The highest BCUT2D eigenvalue weighted by Crippen LogP contribution is 2.11. The first kappa shape index (κ1) is 22.2. The zero-order valence-corrected chi connectivity index (χ0v) is 14.4. The van der Waals surface area contributed by atoms with E-state index in [0.29, 0.717) is 5.82 Å². The van der Waals surface area contributed by atoms with Gasteiger partial charge >= 0.3 is 12.1 Å². The number of pyridine rings is 1. The first-order valence-corrected chi connectivity index (χ1v) is 8.70. The van der Waals surface area contributed by atoms with Gasteiger partial charge in [-0.3, -0.25) is 9.00 Å². The van der Waals surface area contributed by atoms with E-state index in [0.717, 1.165) is 5.56 Å². The van der Waals surface area contributed by atoms with Gasteiger partial charge in [0.1, 0.15) is 5.97 Å². The number of carbonyl (C=O) groups is 2. The first-order chi connectivity index (χ1) is 12.6. The van der Waals surface area contributed by atoms with Crippen molar-refractivity contribution < 1.29 is 41.7 Å². The molecule has 2 rings (SSSR count). The molecule has 2 aromatic rings. The van der Waals surface area contributed by atoms with Crippen LogP contribution in [0.5, 0.6) is 0 Å². The van der Waals surface area contributed by atoms with Crippen LogP contribution in [0.25, 0.3) is 11.4 Å². The van der Waals surface area contributed by atoms with Crippen LogP contribution in [0.4, 0.5) is 13.2 Å². The zero-order chi connectivity index (χ0) is 20.4. The Morgan fingerprint density at radius 1 is 1.19 bits per heavy atom. The molecule has 1 unspecified atom stereocenters. The predicted octanol–water partition coefficient (Wildman–Crippen LogP) is -0.0894. The summed E-state index contributed by atoms with van der Waals surface area (Å²) in [5.41, 5.74) is 0.873. The highest BCUT2D eigenvalue weighted by molar-refractivity contribution is 7.83. The lowest BCUT2D eigenvalue weighted by Gasteiger charge is -2.03. The van der Waals surface area contributed by atoms with E-state index in [1.54, 1.807) is 35.4 Å². The van der Waals surface area contributed by atoms with Crippen molar-refractivity contribution in [2.75, 3.05) is 5.75 Å². The van der Waals surface area contributed by atoms with Crippen molar-refractivity contribution in [1.82, 2.24) is 9.97 Å². The van der Waals surface area contributed by atoms with Gasteiger partial charge in [0.2, 0.25) is 5.88 Å². The molecule has 0 aliphatic heterocycles. The third-order valence-electron chi connectivity index (χ3n) is 2.78. The van der Waals surface area contributed by atoms with Gasteiger partial charge in [0.05, 0.1) is 17.2 Å². The lowest BCUT2D eigenvalue weighted by Crippen LogP contribution is -2.37. The van der Waals surface area contributed by atoms with Crippen LogP contribution in [0.1, 0.15) is 6.42 Å². The first-order valence-electron chi connectivity index (χ1n) is 7.21. The number of halogens is 3. The van der Waals surface area contributed by atoms with Gasteiger partial charge in [-0.05, 0) is 6.07 Å². The van der Waals surface area contributed by atoms with Gasteiger partial charge in [-0.2, -0.15) is 17.7 Å². The van der Waals surface area contributed by atoms with Crippen LogP contribution in [-0.2, 0) is 26.3 Å². The van der Waals surface area contributed by atoms with E-state index in [-0.39, 0.29) is 18.1 Å². The maximum Gasteiger partial charge on any atom is 0.430 e. The quantitative estimate of drug-likeness (QED) is 0.666. The molecule has 12 heteroatoms. The molecule has 2 aromatic heterocycles. The van der Waals surface area contributed by atoms with E-state index >= 15 is 0 Å². The second-order valence-electron chi connectivity index (χ2n) is 4.88. The lowest BCUT2D eigenvalue weighted by atomic mass is 10.2. The van der Waals surface area contributed by atoms with Crippen LogP contribution in [-0.4, -0.2) is 43.2 Å². The fourth-order valence-electron chi connectivity index (χ4n) is 1.57. The summed E-state index contributed by atoms with van der Waals surface area (Å²) in [6.45, 7) is 0. The standard InChI is InChI=1S/C13H13N3O3S.C2HF3O2/c17-12(18)4-9-20(19)10-16-7-2-11(3-8-16)13-14-5-1-6-15-13;3-2(4,5)1(6)7/h1-3,5-8H,4,9-10H2;(H,6,7). The molecule has 0 aliphatic carbocycles. The lowest BCUT2D eigenvalue weighted by molar-refractivity contribution is -0.676. The summed E-state index contributed by atoms with van der Waals surface area (Å²) in [4.78, 5) is 27.5. The summed E-state index contributed by atoms with van der Waals surface area (Å²) in [5.74, 6) is -2.87. The maximum absolute atomic E-state index is 11.7. The van der Waals surface area contributed by atoms with Crippen molar-refractivity contribution in [3.05, 3.63) is 43.0 Å². The molecule has 0 fully saturated rings. The Kier molecular flexibility index (Phi) is 8.45. The number of carboxylic acids is 2. The van der Waals surface area contributed by atoms with Gasteiger partial charge in [0, 0.05) is 35.8 Å². The Bertz CT molecular complexity index is 786. The second kappa shape index (κ2) is 10.3. The average Bonchev–Trinajstić information content (AvgIpc) is 2.61. The zero-order valence-electron chi connectivity index (χ0n) is 13.6. The fraction of sp³-hybridized carbons (Fsp3) is 0.267. The van der Waals surface area contributed by atoms with E-state index in [1.165, 1.54) is 0 Å². The SMILES string of the molecule is O=C(O)CCS(=O)C[n+]1ccc(-c2ncccn2)cc1.O=C([O-])C(F)(F)F. The van der Waals surface area contributed by atoms with Crippen molar-refractivity contribution in [3.8, 4) is 11.4 Å². The molecule has 0 saturated carbocycles. The summed E-state index contributed by atoms with van der Waals surface area (Å²) in [6.07, 6.45) is 1.63. The maximum atomic E-state index is 11.7. The molecule has 0 bridgehead atoms. The van der Waals surface area contributed by atoms with Gasteiger partial charge < -0.3 is 15.0 Å². The van der Waals surface area contributed by atoms with Crippen LogP contribution < -0.4 is 9.67 Å². The van der Waals surface area contributed by atoms with Crippen molar-refractivity contribution in [1.29, 1.82) is 0 Å². The third-order valence-corrected chi connectivity index (χ3v) is 4.03. The monoisotopic (exact) mass is 405 g/mol. The van der Waals surface area contributed by atoms with Crippen LogP contribution in [0.15, 0.2) is 43.0 Å². The molecule has 0 amide bonds. The molecule has 2 heterocycles. The molecule has 1 N–H and O–H groups in total. The fourth-order valence-corrected chi connectivity index (χ4v) is 2.61. The Balaban J connectivity index is 0.000000445.